The molecule has 0 saturated carbocycles. The van der Waals surface area contributed by atoms with Crippen molar-refractivity contribution in [2.24, 2.45) is 0 Å². The summed E-state index contributed by atoms with van der Waals surface area (Å²) in [7, 11) is 1.21. The molecule has 0 unspecified atom stereocenters. The molecule has 0 amide bonds. The number of phenolic OH excluding ortho intramolecular Hbond substituents is 4. The van der Waals surface area contributed by atoms with Crippen LogP contribution in [0.5, 0.6) is 34.5 Å². The molecular weight excluding hydrogens is 496 g/mol. The predicted molar refractivity (Wildman–Crippen MR) is 124 cm³/mol. The van der Waals surface area contributed by atoms with Crippen LogP contribution in [0, 0.1) is 0 Å². The summed E-state index contributed by atoms with van der Waals surface area (Å²) in [5.41, 5.74) is -1.33. The van der Waals surface area contributed by atoms with E-state index >= 15 is 0 Å². The number of benzene rings is 2. The number of hydrogen-bond donors (Lipinski definition) is 6. The Labute approximate surface area is 208 Å². The van der Waals surface area contributed by atoms with E-state index in [9.17, 15) is 40.2 Å². The molecule has 2 aromatic carbocycles. The predicted octanol–water partition coefficient (Wildman–Crippen LogP) is 1.07. The average molecular weight is 520 g/mol. The summed E-state index contributed by atoms with van der Waals surface area (Å²) in [4.78, 5) is 24.8. The Morgan fingerprint density at radius 1 is 0.946 bits per heavy atom. The first kappa shape index (κ1) is 25.9. The van der Waals surface area contributed by atoms with E-state index in [1.807, 2.05) is 0 Å². The SMILES string of the molecule is COc1c(O)cc(-c2oc3cc(O)cc(O)c3c(=O)c2O[C@@H]2O[C@@H](C)[C@H](OC(C)=O)[C@@H](O)[C@H]2O)cc1O. The van der Waals surface area contributed by atoms with Crippen LogP contribution in [0.25, 0.3) is 22.3 Å². The first-order valence-corrected chi connectivity index (χ1v) is 10.9. The lowest BCUT2D eigenvalue weighted by Gasteiger charge is -2.40. The van der Waals surface area contributed by atoms with Crippen molar-refractivity contribution in [2.75, 3.05) is 7.11 Å². The van der Waals surface area contributed by atoms with Crippen LogP contribution in [0.3, 0.4) is 0 Å². The van der Waals surface area contributed by atoms with Gasteiger partial charge in [-0.05, 0) is 19.1 Å². The molecule has 1 aromatic heterocycles. The number of methoxy groups -OCH3 is 1. The Kier molecular flexibility index (Phi) is 6.78. The van der Waals surface area contributed by atoms with E-state index in [1.54, 1.807) is 0 Å². The van der Waals surface area contributed by atoms with Crippen molar-refractivity contribution in [1.82, 2.24) is 0 Å². The summed E-state index contributed by atoms with van der Waals surface area (Å²) >= 11 is 0. The molecule has 0 radical (unpaired) electrons. The number of hydrogen-bond acceptors (Lipinski definition) is 13. The summed E-state index contributed by atoms with van der Waals surface area (Å²) in [6.45, 7) is 2.56. The quantitative estimate of drug-likeness (QED) is 0.261. The number of rotatable bonds is 5. The number of esters is 1. The first-order chi connectivity index (χ1) is 17.4. The fourth-order valence-corrected chi connectivity index (χ4v) is 4.08. The second-order valence-corrected chi connectivity index (χ2v) is 8.36. The molecule has 2 heterocycles. The van der Waals surface area contributed by atoms with Crippen LogP contribution in [0.2, 0.25) is 0 Å². The number of aromatic hydroxyl groups is 4. The molecule has 13 heteroatoms. The zero-order chi connectivity index (χ0) is 27.2. The van der Waals surface area contributed by atoms with E-state index in [2.05, 4.69) is 0 Å². The lowest BCUT2D eigenvalue weighted by molar-refractivity contribution is -0.272. The van der Waals surface area contributed by atoms with Crippen molar-refractivity contribution in [3.05, 3.63) is 34.5 Å². The van der Waals surface area contributed by atoms with Crippen molar-refractivity contribution < 1.29 is 58.8 Å². The van der Waals surface area contributed by atoms with Gasteiger partial charge in [0.05, 0.1) is 13.2 Å². The van der Waals surface area contributed by atoms with Gasteiger partial charge >= 0.3 is 5.97 Å². The van der Waals surface area contributed by atoms with Gasteiger partial charge in [-0.25, -0.2) is 0 Å². The van der Waals surface area contributed by atoms with Crippen molar-refractivity contribution in [1.29, 1.82) is 0 Å². The number of carbonyl (C=O) groups is 1. The van der Waals surface area contributed by atoms with E-state index < -0.39 is 82.0 Å². The van der Waals surface area contributed by atoms with E-state index in [0.29, 0.717) is 0 Å². The Balaban J connectivity index is 1.87. The van der Waals surface area contributed by atoms with Crippen LogP contribution < -0.4 is 14.9 Å². The highest BCUT2D eigenvalue weighted by atomic mass is 16.7. The Hall–Kier alpha value is -4.20. The fraction of sp³-hybridized carbons (Fsp3) is 0.333. The lowest BCUT2D eigenvalue weighted by atomic mass is 9.99. The molecule has 1 aliphatic heterocycles. The number of phenols is 4. The molecule has 1 fully saturated rings. The van der Waals surface area contributed by atoms with Gasteiger partial charge in [0, 0.05) is 24.6 Å². The third kappa shape index (κ3) is 4.67. The van der Waals surface area contributed by atoms with Gasteiger partial charge in [0.1, 0.15) is 34.7 Å². The van der Waals surface area contributed by atoms with Crippen molar-refractivity contribution in [3.63, 3.8) is 0 Å². The molecule has 3 aromatic rings. The molecule has 37 heavy (non-hydrogen) atoms. The highest BCUT2D eigenvalue weighted by Crippen LogP contribution is 2.43. The Bertz CT molecular complexity index is 1390. The monoisotopic (exact) mass is 520 g/mol. The van der Waals surface area contributed by atoms with Gasteiger partial charge < -0.3 is 54.0 Å². The van der Waals surface area contributed by atoms with Crippen LogP contribution in [-0.2, 0) is 14.3 Å². The maximum Gasteiger partial charge on any atom is 0.303 e. The van der Waals surface area contributed by atoms with Crippen molar-refractivity contribution >= 4 is 16.9 Å². The number of aliphatic hydroxyl groups excluding tert-OH is 2. The standard InChI is InChI=1S/C24H24O13/c1-8-20(35-9(2)25)18(31)19(32)24(34-8)37-23-17(30)16-12(27)6-11(26)7-15(16)36-21(23)10-4-13(28)22(33-3)14(29)5-10/h4-8,18-20,24,26-29,31-32H,1-3H3/t8-,18-,19+,20-,24-/m0/s1. The van der Waals surface area contributed by atoms with Crippen molar-refractivity contribution in [3.8, 4) is 45.8 Å². The molecule has 6 N–H and O–H groups in total. The van der Waals surface area contributed by atoms with Crippen LogP contribution in [0.1, 0.15) is 13.8 Å². The van der Waals surface area contributed by atoms with Gasteiger partial charge in [0.15, 0.2) is 23.4 Å². The van der Waals surface area contributed by atoms with Crippen molar-refractivity contribution in [2.45, 2.75) is 44.6 Å². The molecule has 0 spiro atoms. The van der Waals surface area contributed by atoms with Crippen LogP contribution in [0.15, 0.2) is 33.5 Å². The summed E-state index contributed by atoms with van der Waals surface area (Å²) in [6, 6.07) is 4.12. The van der Waals surface area contributed by atoms with Crippen LogP contribution in [-0.4, -0.2) is 74.4 Å². The highest BCUT2D eigenvalue weighted by Gasteiger charge is 2.46. The molecule has 5 atom stereocenters. The minimum absolute atomic E-state index is 0.0932. The third-order valence-corrected chi connectivity index (χ3v) is 5.75. The normalized spacial score (nSPS) is 23.5. The number of fused-ring (bicyclic) bond motifs is 1. The Morgan fingerprint density at radius 3 is 2.19 bits per heavy atom. The number of aliphatic hydroxyl groups is 2. The van der Waals surface area contributed by atoms with Gasteiger partial charge in [0.25, 0.3) is 0 Å². The summed E-state index contributed by atoms with van der Waals surface area (Å²) in [6.07, 6.45) is -7.37. The van der Waals surface area contributed by atoms with Gasteiger partial charge in [-0.3, -0.25) is 9.59 Å². The minimum atomic E-state index is -1.81. The molecule has 1 saturated heterocycles. The minimum Gasteiger partial charge on any atom is -0.508 e. The van der Waals surface area contributed by atoms with Gasteiger partial charge in [-0.2, -0.15) is 0 Å². The zero-order valence-electron chi connectivity index (χ0n) is 19.7. The maximum absolute atomic E-state index is 13.5. The smallest absolute Gasteiger partial charge is 0.303 e. The molecular formula is C24H24O13. The molecule has 13 nitrogen and oxygen atoms in total. The summed E-state index contributed by atoms with van der Waals surface area (Å²) in [5, 5.41) is 61.4. The van der Waals surface area contributed by atoms with Gasteiger partial charge in [-0.1, -0.05) is 0 Å². The number of ether oxygens (including phenoxy) is 4. The first-order valence-electron chi connectivity index (χ1n) is 10.9. The van der Waals surface area contributed by atoms with E-state index in [1.165, 1.54) is 14.0 Å². The fourth-order valence-electron chi connectivity index (χ4n) is 4.08. The Morgan fingerprint density at radius 2 is 1.59 bits per heavy atom. The van der Waals surface area contributed by atoms with Gasteiger partial charge in [0.2, 0.25) is 23.2 Å². The van der Waals surface area contributed by atoms with E-state index in [-0.39, 0.29) is 16.9 Å². The third-order valence-electron chi connectivity index (χ3n) is 5.75. The molecule has 0 aliphatic carbocycles. The second kappa shape index (κ2) is 9.69. The second-order valence-electron chi connectivity index (χ2n) is 8.36. The lowest BCUT2D eigenvalue weighted by Crippen LogP contribution is -2.59. The molecule has 198 valence electrons. The largest absolute Gasteiger partial charge is 0.508 e. The number of carbonyl (C=O) groups excluding carboxylic acids is 1. The molecule has 4 rings (SSSR count). The van der Waals surface area contributed by atoms with E-state index in [0.717, 1.165) is 31.2 Å². The summed E-state index contributed by atoms with van der Waals surface area (Å²) in [5.74, 6) is -4.12. The summed E-state index contributed by atoms with van der Waals surface area (Å²) < 4.78 is 26.9. The highest BCUT2D eigenvalue weighted by molar-refractivity contribution is 5.88. The topological polar surface area (TPSA) is 206 Å². The molecule has 0 bridgehead atoms. The van der Waals surface area contributed by atoms with Gasteiger partial charge in [-0.15, -0.1) is 0 Å². The van der Waals surface area contributed by atoms with Crippen LogP contribution in [0.4, 0.5) is 0 Å². The zero-order valence-corrected chi connectivity index (χ0v) is 19.7. The van der Waals surface area contributed by atoms with E-state index in [4.69, 9.17) is 23.4 Å². The van der Waals surface area contributed by atoms with Crippen LogP contribution >= 0.6 is 0 Å². The average Bonchev–Trinajstić information content (AvgIpc) is 2.80. The molecule has 1 aliphatic rings. The maximum atomic E-state index is 13.5.